The Morgan fingerprint density at radius 2 is 2.20 bits per heavy atom. The van der Waals surface area contributed by atoms with E-state index in [0.29, 0.717) is 6.04 Å². The standard InChI is InChI=1S/C11H22N2O2/c1-8(11(14)15)9(2)13(3)10-5-4-6-12-7-10/h8-10,12H,4-7H2,1-3H3,(H,14,15). The monoisotopic (exact) mass is 214 g/mol. The maximum Gasteiger partial charge on any atom is 0.307 e. The average Bonchev–Trinajstić information content (AvgIpc) is 2.27. The maximum absolute atomic E-state index is 10.9. The van der Waals surface area contributed by atoms with E-state index in [9.17, 15) is 4.79 Å². The van der Waals surface area contributed by atoms with Crippen LogP contribution in [-0.4, -0.2) is 48.2 Å². The summed E-state index contributed by atoms with van der Waals surface area (Å²) < 4.78 is 0. The largest absolute Gasteiger partial charge is 0.481 e. The molecule has 1 heterocycles. The van der Waals surface area contributed by atoms with Gasteiger partial charge in [-0.3, -0.25) is 9.69 Å². The smallest absolute Gasteiger partial charge is 0.307 e. The van der Waals surface area contributed by atoms with Crippen molar-refractivity contribution in [3.8, 4) is 0 Å². The molecule has 3 unspecified atom stereocenters. The Balaban J connectivity index is 2.50. The Kier molecular flexibility index (Phi) is 4.54. The second kappa shape index (κ2) is 5.47. The Bertz CT molecular complexity index is 215. The van der Waals surface area contributed by atoms with E-state index in [4.69, 9.17) is 5.11 Å². The molecule has 3 atom stereocenters. The fourth-order valence-corrected chi connectivity index (χ4v) is 2.07. The summed E-state index contributed by atoms with van der Waals surface area (Å²) in [5.74, 6) is -1.02. The van der Waals surface area contributed by atoms with Crippen LogP contribution in [0.15, 0.2) is 0 Å². The van der Waals surface area contributed by atoms with Crippen LogP contribution in [0.4, 0.5) is 0 Å². The highest BCUT2D eigenvalue weighted by Gasteiger charge is 2.28. The molecule has 4 nitrogen and oxygen atoms in total. The van der Waals surface area contributed by atoms with Gasteiger partial charge in [0.25, 0.3) is 0 Å². The third-order valence-electron chi connectivity index (χ3n) is 3.60. The Labute approximate surface area is 91.6 Å². The van der Waals surface area contributed by atoms with E-state index in [1.807, 2.05) is 14.0 Å². The van der Waals surface area contributed by atoms with E-state index in [1.54, 1.807) is 6.92 Å². The first-order valence-corrected chi connectivity index (χ1v) is 5.69. The summed E-state index contributed by atoms with van der Waals surface area (Å²) in [6, 6.07) is 0.572. The molecule has 88 valence electrons. The number of piperidine rings is 1. The summed E-state index contributed by atoms with van der Waals surface area (Å²) in [6.07, 6.45) is 2.35. The zero-order chi connectivity index (χ0) is 11.4. The minimum Gasteiger partial charge on any atom is -0.481 e. The molecule has 1 fully saturated rings. The molecule has 0 aliphatic carbocycles. The van der Waals surface area contributed by atoms with Gasteiger partial charge in [0.2, 0.25) is 0 Å². The van der Waals surface area contributed by atoms with E-state index >= 15 is 0 Å². The van der Waals surface area contributed by atoms with Gasteiger partial charge in [-0.15, -0.1) is 0 Å². The molecule has 1 rings (SSSR count). The van der Waals surface area contributed by atoms with Crippen LogP contribution < -0.4 is 5.32 Å². The quantitative estimate of drug-likeness (QED) is 0.726. The normalized spacial score (nSPS) is 26.3. The SMILES string of the molecule is CC(C(=O)O)C(C)N(C)C1CCCNC1. The lowest BCUT2D eigenvalue weighted by Gasteiger charge is -2.37. The van der Waals surface area contributed by atoms with Gasteiger partial charge in [-0.25, -0.2) is 0 Å². The maximum atomic E-state index is 10.9. The average molecular weight is 214 g/mol. The van der Waals surface area contributed by atoms with Gasteiger partial charge >= 0.3 is 5.97 Å². The predicted octanol–water partition coefficient (Wildman–Crippen LogP) is 0.779. The number of rotatable bonds is 4. The van der Waals surface area contributed by atoms with Crippen molar-refractivity contribution < 1.29 is 9.90 Å². The predicted molar refractivity (Wildman–Crippen MR) is 59.9 cm³/mol. The first-order valence-electron chi connectivity index (χ1n) is 5.69. The first kappa shape index (κ1) is 12.5. The third kappa shape index (κ3) is 3.18. The number of hydrogen-bond donors (Lipinski definition) is 2. The number of nitrogens with zero attached hydrogens (tertiary/aromatic N) is 1. The number of carboxylic acids is 1. The summed E-state index contributed by atoms with van der Waals surface area (Å²) in [5, 5.41) is 12.3. The van der Waals surface area contributed by atoms with Crippen molar-refractivity contribution in [2.75, 3.05) is 20.1 Å². The lowest BCUT2D eigenvalue weighted by atomic mass is 9.98. The lowest BCUT2D eigenvalue weighted by molar-refractivity contribution is -0.143. The minimum atomic E-state index is -0.710. The molecule has 0 aromatic heterocycles. The van der Waals surface area contributed by atoms with Crippen molar-refractivity contribution in [1.29, 1.82) is 0 Å². The number of hydrogen-bond acceptors (Lipinski definition) is 3. The second-order valence-corrected chi connectivity index (χ2v) is 4.53. The van der Waals surface area contributed by atoms with Crippen LogP contribution in [0, 0.1) is 5.92 Å². The van der Waals surface area contributed by atoms with Gasteiger partial charge in [0.05, 0.1) is 5.92 Å². The molecule has 1 saturated heterocycles. The van der Waals surface area contributed by atoms with Crippen LogP contribution in [0.25, 0.3) is 0 Å². The first-order chi connectivity index (χ1) is 7.04. The van der Waals surface area contributed by atoms with Crippen LogP contribution >= 0.6 is 0 Å². The third-order valence-corrected chi connectivity index (χ3v) is 3.60. The zero-order valence-electron chi connectivity index (χ0n) is 9.86. The number of aliphatic carboxylic acids is 1. The Morgan fingerprint density at radius 3 is 2.67 bits per heavy atom. The van der Waals surface area contributed by atoms with Crippen molar-refractivity contribution in [2.24, 2.45) is 5.92 Å². The van der Waals surface area contributed by atoms with Crippen molar-refractivity contribution in [1.82, 2.24) is 10.2 Å². The van der Waals surface area contributed by atoms with Gasteiger partial charge in [-0.05, 0) is 33.4 Å². The number of carbonyl (C=O) groups is 1. The van der Waals surface area contributed by atoms with Crippen LogP contribution in [0.2, 0.25) is 0 Å². The van der Waals surface area contributed by atoms with Crippen LogP contribution in [0.3, 0.4) is 0 Å². The fourth-order valence-electron chi connectivity index (χ4n) is 2.07. The second-order valence-electron chi connectivity index (χ2n) is 4.53. The molecule has 0 aromatic carbocycles. The summed E-state index contributed by atoms with van der Waals surface area (Å²) in [7, 11) is 2.03. The van der Waals surface area contributed by atoms with Gasteiger partial charge in [-0.2, -0.15) is 0 Å². The molecule has 0 saturated carbocycles. The summed E-state index contributed by atoms with van der Waals surface area (Å²) in [5.41, 5.74) is 0. The van der Waals surface area contributed by atoms with E-state index in [-0.39, 0.29) is 12.0 Å². The van der Waals surface area contributed by atoms with Gasteiger partial charge in [0, 0.05) is 18.6 Å². The van der Waals surface area contributed by atoms with Gasteiger partial charge in [0.15, 0.2) is 0 Å². The van der Waals surface area contributed by atoms with Crippen molar-refractivity contribution in [3.63, 3.8) is 0 Å². The number of carboxylic acid groups (broad SMARTS) is 1. The summed E-state index contributed by atoms with van der Waals surface area (Å²) in [4.78, 5) is 13.1. The van der Waals surface area contributed by atoms with Gasteiger partial charge in [-0.1, -0.05) is 6.92 Å². The van der Waals surface area contributed by atoms with Crippen LogP contribution in [0.1, 0.15) is 26.7 Å². The highest BCUT2D eigenvalue weighted by atomic mass is 16.4. The molecular weight excluding hydrogens is 192 g/mol. The molecule has 0 spiro atoms. The minimum absolute atomic E-state index is 0.0902. The van der Waals surface area contributed by atoms with E-state index in [2.05, 4.69) is 10.2 Å². The van der Waals surface area contributed by atoms with Gasteiger partial charge < -0.3 is 10.4 Å². The van der Waals surface area contributed by atoms with E-state index in [1.165, 1.54) is 12.8 Å². The fraction of sp³-hybridized carbons (Fsp3) is 0.909. The van der Waals surface area contributed by atoms with Crippen LogP contribution in [-0.2, 0) is 4.79 Å². The molecule has 0 radical (unpaired) electrons. The van der Waals surface area contributed by atoms with Crippen molar-refractivity contribution in [2.45, 2.75) is 38.8 Å². The summed E-state index contributed by atoms with van der Waals surface area (Å²) >= 11 is 0. The van der Waals surface area contributed by atoms with E-state index in [0.717, 1.165) is 13.1 Å². The molecule has 15 heavy (non-hydrogen) atoms. The molecule has 1 aliphatic rings. The molecule has 4 heteroatoms. The molecular formula is C11H22N2O2. The molecule has 0 bridgehead atoms. The van der Waals surface area contributed by atoms with Crippen molar-refractivity contribution >= 4 is 5.97 Å². The zero-order valence-corrected chi connectivity index (χ0v) is 9.86. The van der Waals surface area contributed by atoms with Gasteiger partial charge in [0.1, 0.15) is 0 Å². The topological polar surface area (TPSA) is 52.6 Å². The highest BCUT2D eigenvalue weighted by molar-refractivity contribution is 5.70. The molecule has 1 aliphatic heterocycles. The Morgan fingerprint density at radius 1 is 1.53 bits per heavy atom. The molecule has 0 aromatic rings. The highest BCUT2D eigenvalue weighted by Crippen LogP contribution is 2.16. The molecule has 0 amide bonds. The van der Waals surface area contributed by atoms with Crippen LogP contribution in [0.5, 0.6) is 0 Å². The number of likely N-dealkylation sites (N-methyl/N-ethyl adjacent to an activating group) is 1. The number of nitrogens with one attached hydrogen (secondary N) is 1. The van der Waals surface area contributed by atoms with Crippen molar-refractivity contribution in [3.05, 3.63) is 0 Å². The summed E-state index contributed by atoms with van der Waals surface area (Å²) in [6.45, 7) is 5.84. The Hall–Kier alpha value is -0.610. The van der Waals surface area contributed by atoms with E-state index < -0.39 is 5.97 Å². The lowest BCUT2D eigenvalue weighted by Crippen LogP contribution is -2.50. The molecule has 2 N–H and O–H groups in total.